The molecule has 3 nitrogen and oxygen atoms in total. The predicted octanol–water partition coefficient (Wildman–Crippen LogP) is 2.77. The molecule has 1 heterocycles. The van der Waals surface area contributed by atoms with E-state index in [1.165, 1.54) is 12.8 Å². The van der Waals surface area contributed by atoms with Gasteiger partial charge >= 0.3 is 0 Å². The van der Waals surface area contributed by atoms with Crippen molar-refractivity contribution in [1.29, 1.82) is 5.26 Å². The van der Waals surface area contributed by atoms with E-state index in [1.807, 2.05) is 18.2 Å². The summed E-state index contributed by atoms with van der Waals surface area (Å²) in [7, 11) is 0. The van der Waals surface area contributed by atoms with Gasteiger partial charge in [0.2, 0.25) is 0 Å². The summed E-state index contributed by atoms with van der Waals surface area (Å²) in [5, 5.41) is 9.01. The van der Waals surface area contributed by atoms with Crippen LogP contribution >= 0.6 is 0 Å². The molecule has 3 heteroatoms. The molecule has 1 saturated heterocycles. The van der Waals surface area contributed by atoms with Crippen LogP contribution in [0.5, 0.6) is 0 Å². The Bertz CT molecular complexity index is 445. The average molecular weight is 229 g/mol. The zero-order chi connectivity index (χ0) is 12.4. The normalized spacial score (nSPS) is 19.6. The molecule has 0 aliphatic carbocycles. The van der Waals surface area contributed by atoms with Crippen LogP contribution in [0.15, 0.2) is 18.2 Å². The van der Waals surface area contributed by atoms with E-state index in [-0.39, 0.29) is 0 Å². The molecular formula is C14H19N3. The molecule has 1 aromatic rings. The molecule has 1 aliphatic rings. The summed E-state index contributed by atoms with van der Waals surface area (Å²) in [5.74, 6) is 0.639. The molecule has 0 bridgehead atoms. The van der Waals surface area contributed by atoms with Crippen LogP contribution in [0, 0.1) is 17.2 Å². The number of nitrogen functional groups attached to an aromatic ring is 1. The lowest BCUT2D eigenvalue weighted by Gasteiger charge is -2.30. The van der Waals surface area contributed by atoms with Crippen LogP contribution in [0.25, 0.3) is 0 Å². The first-order valence-electron chi connectivity index (χ1n) is 6.19. The summed E-state index contributed by atoms with van der Waals surface area (Å²) in [6.45, 7) is 5.59. The fourth-order valence-electron chi connectivity index (χ4n) is 2.63. The van der Waals surface area contributed by atoms with Crippen molar-refractivity contribution in [1.82, 2.24) is 0 Å². The van der Waals surface area contributed by atoms with E-state index in [9.17, 15) is 0 Å². The number of nitrogens with two attached hydrogens (primary N) is 1. The molecule has 0 spiro atoms. The summed E-state index contributed by atoms with van der Waals surface area (Å²) >= 11 is 0. The predicted molar refractivity (Wildman–Crippen MR) is 70.8 cm³/mol. The van der Waals surface area contributed by atoms with Gasteiger partial charge in [0, 0.05) is 24.0 Å². The first kappa shape index (κ1) is 11.8. The summed E-state index contributed by atoms with van der Waals surface area (Å²) in [5.41, 5.74) is 8.03. The van der Waals surface area contributed by atoms with Crippen LogP contribution in [-0.2, 0) is 0 Å². The van der Waals surface area contributed by atoms with Gasteiger partial charge in [-0.25, -0.2) is 0 Å². The van der Waals surface area contributed by atoms with Crippen molar-refractivity contribution in [2.45, 2.75) is 32.7 Å². The van der Waals surface area contributed by atoms with Crippen LogP contribution in [0.3, 0.4) is 0 Å². The minimum absolute atomic E-state index is 0.566. The molecule has 1 fully saturated rings. The number of benzene rings is 1. The highest BCUT2D eigenvalue weighted by Gasteiger charge is 2.27. The van der Waals surface area contributed by atoms with Crippen LogP contribution in [-0.4, -0.2) is 12.6 Å². The molecule has 1 unspecified atom stereocenters. The Kier molecular flexibility index (Phi) is 3.23. The SMILES string of the molecule is CC(C)C1CCCN1c1ccc(N)c(C#N)c1. The van der Waals surface area contributed by atoms with Crippen molar-refractivity contribution in [3.8, 4) is 6.07 Å². The summed E-state index contributed by atoms with van der Waals surface area (Å²) in [6, 6.07) is 8.51. The molecule has 1 atom stereocenters. The van der Waals surface area contributed by atoms with E-state index < -0.39 is 0 Å². The van der Waals surface area contributed by atoms with Crippen molar-refractivity contribution in [3.05, 3.63) is 23.8 Å². The highest BCUT2D eigenvalue weighted by molar-refractivity contribution is 5.63. The Morgan fingerprint density at radius 2 is 2.24 bits per heavy atom. The Labute approximate surface area is 103 Å². The van der Waals surface area contributed by atoms with Crippen molar-refractivity contribution in [2.75, 3.05) is 17.2 Å². The maximum atomic E-state index is 9.01. The molecule has 2 N–H and O–H groups in total. The van der Waals surface area contributed by atoms with Crippen molar-refractivity contribution in [3.63, 3.8) is 0 Å². The fourth-order valence-corrected chi connectivity index (χ4v) is 2.63. The van der Waals surface area contributed by atoms with E-state index >= 15 is 0 Å². The standard InChI is InChI=1S/C14H19N3/c1-10(2)14-4-3-7-17(14)12-5-6-13(16)11(8-12)9-15/h5-6,8,10,14H,3-4,7,16H2,1-2H3. The Morgan fingerprint density at radius 1 is 1.47 bits per heavy atom. The Hall–Kier alpha value is -1.69. The van der Waals surface area contributed by atoms with Crippen LogP contribution in [0.4, 0.5) is 11.4 Å². The smallest absolute Gasteiger partial charge is 0.101 e. The van der Waals surface area contributed by atoms with Gasteiger partial charge < -0.3 is 10.6 Å². The largest absolute Gasteiger partial charge is 0.398 e. The minimum Gasteiger partial charge on any atom is -0.398 e. The Balaban J connectivity index is 2.31. The first-order chi connectivity index (χ1) is 8.13. The third kappa shape index (κ3) is 2.21. The van der Waals surface area contributed by atoms with Gasteiger partial charge in [-0.3, -0.25) is 0 Å². The highest BCUT2D eigenvalue weighted by atomic mass is 15.2. The summed E-state index contributed by atoms with van der Waals surface area (Å²) in [4.78, 5) is 2.41. The summed E-state index contributed by atoms with van der Waals surface area (Å²) in [6.07, 6.45) is 2.47. The van der Waals surface area contributed by atoms with E-state index in [2.05, 4.69) is 24.8 Å². The van der Waals surface area contributed by atoms with E-state index in [0.717, 1.165) is 12.2 Å². The van der Waals surface area contributed by atoms with Crippen LogP contribution in [0.2, 0.25) is 0 Å². The lowest BCUT2D eigenvalue weighted by molar-refractivity contribution is 0.492. The monoisotopic (exact) mass is 229 g/mol. The molecule has 17 heavy (non-hydrogen) atoms. The number of rotatable bonds is 2. The third-order valence-electron chi connectivity index (χ3n) is 3.56. The number of hydrogen-bond donors (Lipinski definition) is 1. The second kappa shape index (κ2) is 4.67. The molecule has 0 amide bonds. The highest BCUT2D eigenvalue weighted by Crippen LogP contribution is 2.31. The summed E-state index contributed by atoms with van der Waals surface area (Å²) < 4.78 is 0. The third-order valence-corrected chi connectivity index (χ3v) is 3.56. The molecule has 1 aromatic carbocycles. The van der Waals surface area contributed by atoms with Gasteiger partial charge in [0.05, 0.1) is 5.56 Å². The molecule has 2 rings (SSSR count). The molecule has 1 aliphatic heterocycles. The van der Waals surface area contributed by atoms with Gasteiger partial charge in [0.1, 0.15) is 6.07 Å². The Morgan fingerprint density at radius 3 is 2.88 bits per heavy atom. The molecule has 0 saturated carbocycles. The number of nitrogens with zero attached hydrogens (tertiary/aromatic N) is 2. The minimum atomic E-state index is 0.566. The fraction of sp³-hybridized carbons (Fsp3) is 0.500. The van der Waals surface area contributed by atoms with E-state index in [4.69, 9.17) is 11.0 Å². The van der Waals surface area contributed by atoms with E-state index in [1.54, 1.807) is 0 Å². The lowest BCUT2D eigenvalue weighted by atomic mass is 10.0. The maximum absolute atomic E-state index is 9.01. The molecule has 0 radical (unpaired) electrons. The second-order valence-corrected chi connectivity index (χ2v) is 5.03. The van der Waals surface area contributed by atoms with Gasteiger partial charge in [-0.1, -0.05) is 13.8 Å². The van der Waals surface area contributed by atoms with Gasteiger partial charge in [-0.15, -0.1) is 0 Å². The van der Waals surface area contributed by atoms with Gasteiger partial charge in [-0.2, -0.15) is 5.26 Å². The van der Waals surface area contributed by atoms with Crippen LogP contribution < -0.4 is 10.6 Å². The first-order valence-corrected chi connectivity index (χ1v) is 6.19. The number of anilines is 2. The quantitative estimate of drug-likeness (QED) is 0.793. The van der Waals surface area contributed by atoms with Crippen molar-refractivity contribution in [2.24, 2.45) is 5.92 Å². The molecule has 0 aromatic heterocycles. The zero-order valence-corrected chi connectivity index (χ0v) is 10.5. The van der Waals surface area contributed by atoms with Crippen molar-refractivity contribution >= 4 is 11.4 Å². The van der Waals surface area contributed by atoms with Gasteiger partial charge in [0.15, 0.2) is 0 Å². The van der Waals surface area contributed by atoms with Gasteiger partial charge in [0.25, 0.3) is 0 Å². The zero-order valence-electron chi connectivity index (χ0n) is 10.5. The van der Waals surface area contributed by atoms with Crippen molar-refractivity contribution < 1.29 is 0 Å². The number of nitriles is 1. The topological polar surface area (TPSA) is 53.0 Å². The maximum Gasteiger partial charge on any atom is 0.101 e. The van der Waals surface area contributed by atoms with E-state index in [0.29, 0.717) is 23.2 Å². The lowest BCUT2D eigenvalue weighted by Crippen LogP contribution is -2.33. The molecule has 90 valence electrons. The van der Waals surface area contributed by atoms with Gasteiger partial charge in [-0.05, 0) is 37.0 Å². The average Bonchev–Trinajstić information content (AvgIpc) is 2.78. The van der Waals surface area contributed by atoms with Crippen LogP contribution in [0.1, 0.15) is 32.3 Å². The number of hydrogen-bond acceptors (Lipinski definition) is 3. The second-order valence-electron chi connectivity index (χ2n) is 5.03. The molecular weight excluding hydrogens is 210 g/mol.